The van der Waals surface area contributed by atoms with Crippen molar-refractivity contribution >= 4 is 43.6 Å². The van der Waals surface area contributed by atoms with E-state index in [-0.39, 0.29) is 0 Å². The number of hydrogen-bond donors (Lipinski definition) is 0. The van der Waals surface area contributed by atoms with Gasteiger partial charge in [-0.15, -0.1) is 0 Å². The van der Waals surface area contributed by atoms with Gasteiger partial charge in [0.1, 0.15) is 0 Å². The van der Waals surface area contributed by atoms with Gasteiger partial charge >= 0.3 is 0 Å². The minimum atomic E-state index is 1.14. The topological polar surface area (TPSA) is 9.86 Å². The average molecular weight is 637 g/mol. The molecule has 0 atom stereocenters. The highest BCUT2D eigenvalue weighted by Crippen LogP contribution is 2.43. The number of para-hydroxylation sites is 2. The molecule has 8 aromatic carbocycles. The lowest BCUT2D eigenvalue weighted by Crippen LogP contribution is -1.95. The second-order valence-electron chi connectivity index (χ2n) is 13.0. The van der Waals surface area contributed by atoms with Crippen molar-refractivity contribution in [1.82, 2.24) is 9.13 Å². The van der Waals surface area contributed by atoms with Gasteiger partial charge in [0.15, 0.2) is 0 Å². The quantitative estimate of drug-likeness (QED) is 0.178. The molecule has 0 saturated carbocycles. The molecule has 10 aromatic rings. The Morgan fingerprint density at radius 2 is 0.780 bits per heavy atom. The molecule has 50 heavy (non-hydrogen) atoms. The highest BCUT2D eigenvalue weighted by atomic mass is 15.0. The van der Waals surface area contributed by atoms with E-state index in [0.717, 1.165) is 11.4 Å². The largest absolute Gasteiger partial charge is 0.309 e. The molecule has 0 spiro atoms. The maximum atomic E-state index is 2.46. The van der Waals surface area contributed by atoms with Gasteiger partial charge in [-0.05, 0) is 88.0 Å². The molecule has 0 saturated heterocycles. The Labute approximate surface area is 290 Å². The average Bonchev–Trinajstić information content (AvgIpc) is 3.71. The minimum Gasteiger partial charge on any atom is -0.309 e. The Balaban J connectivity index is 1.28. The van der Waals surface area contributed by atoms with Gasteiger partial charge in [-0.3, -0.25) is 0 Å². The van der Waals surface area contributed by atoms with Crippen LogP contribution in [0.2, 0.25) is 0 Å². The number of hydrogen-bond acceptors (Lipinski definition) is 0. The number of aromatic nitrogens is 2. The molecular weight excluding hydrogens is 605 g/mol. The first kappa shape index (κ1) is 28.4. The summed E-state index contributed by atoms with van der Waals surface area (Å²) < 4.78 is 4.91. The van der Waals surface area contributed by atoms with Crippen molar-refractivity contribution in [3.63, 3.8) is 0 Å². The van der Waals surface area contributed by atoms with Crippen LogP contribution >= 0.6 is 0 Å². The highest BCUT2D eigenvalue weighted by molar-refractivity contribution is 6.26. The molecule has 0 N–H and O–H groups in total. The molecule has 0 aliphatic heterocycles. The van der Waals surface area contributed by atoms with E-state index < -0.39 is 0 Å². The van der Waals surface area contributed by atoms with E-state index in [1.807, 2.05) is 0 Å². The second-order valence-corrected chi connectivity index (χ2v) is 13.0. The van der Waals surface area contributed by atoms with E-state index >= 15 is 0 Å². The zero-order chi connectivity index (χ0) is 33.0. The molecule has 0 bridgehead atoms. The van der Waals surface area contributed by atoms with Gasteiger partial charge in [0.2, 0.25) is 0 Å². The first-order valence-electron chi connectivity index (χ1n) is 17.2. The van der Waals surface area contributed by atoms with Gasteiger partial charge in [0.05, 0.1) is 22.1 Å². The second kappa shape index (κ2) is 11.5. The first-order valence-corrected chi connectivity index (χ1v) is 17.2. The van der Waals surface area contributed by atoms with Crippen LogP contribution in [0.4, 0.5) is 0 Å². The van der Waals surface area contributed by atoms with Crippen molar-refractivity contribution in [1.29, 1.82) is 0 Å². The summed E-state index contributed by atoms with van der Waals surface area (Å²) in [7, 11) is 0. The lowest BCUT2D eigenvalue weighted by Gasteiger charge is -2.12. The molecule has 0 amide bonds. The van der Waals surface area contributed by atoms with Crippen LogP contribution in [0, 0.1) is 0 Å². The normalized spacial score (nSPS) is 11.6. The van der Waals surface area contributed by atoms with Crippen LogP contribution in [0.3, 0.4) is 0 Å². The number of benzene rings is 8. The number of rotatable bonds is 5. The van der Waals surface area contributed by atoms with Crippen molar-refractivity contribution in [2.24, 2.45) is 0 Å². The summed E-state index contributed by atoms with van der Waals surface area (Å²) >= 11 is 0. The molecule has 0 aliphatic carbocycles. The van der Waals surface area contributed by atoms with Crippen molar-refractivity contribution in [2.45, 2.75) is 0 Å². The third kappa shape index (κ3) is 4.50. The van der Waals surface area contributed by atoms with Crippen molar-refractivity contribution < 1.29 is 0 Å². The van der Waals surface area contributed by atoms with Gasteiger partial charge in [0.25, 0.3) is 0 Å². The van der Waals surface area contributed by atoms with E-state index in [2.05, 4.69) is 203 Å². The maximum Gasteiger partial charge on any atom is 0.0641 e. The lowest BCUT2D eigenvalue weighted by molar-refractivity contribution is 1.17. The Hall–Kier alpha value is -6.64. The predicted octanol–water partition coefficient (Wildman–Crippen LogP) is 12.9. The summed E-state index contributed by atoms with van der Waals surface area (Å²) in [6.45, 7) is 0. The molecule has 0 unspecified atom stereocenters. The summed E-state index contributed by atoms with van der Waals surface area (Å²) in [5.74, 6) is 0. The zero-order valence-corrected chi connectivity index (χ0v) is 27.4. The Bertz CT molecular complexity index is 2840. The molecule has 2 heterocycles. The number of fused-ring (bicyclic) bond motifs is 7. The van der Waals surface area contributed by atoms with E-state index in [9.17, 15) is 0 Å². The molecule has 10 rings (SSSR count). The SMILES string of the molecule is c1ccc(-c2cccc(-c3cccc(-n4c5ccc(-c6ccccc6)cc5c5c4ccc4c6ccccc6n(-c6ccccc6)c45)c3)c2)cc1. The monoisotopic (exact) mass is 636 g/mol. The highest BCUT2D eigenvalue weighted by Gasteiger charge is 2.21. The zero-order valence-electron chi connectivity index (χ0n) is 27.4. The molecule has 0 fully saturated rings. The Kier molecular flexibility index (Phi) is 6.53. The van der Waals surface area contributed by atoms with Gasteiger partial charge in [-0.1, -0.05) is 140 Å². The summed E-state index contributed by atoms with van der Waals surface area (Å²) in [5.41, 5.74) is 14.4. The van der Waals surface area contributed by atoms with E-state index in [1.165, 1.54) is 77.0 Å². The van der Waals surface area contributed by atoms with Gasteiger partial charge < -0.3 is 9.13 Å². The molecular formula is C48H32N2. The van der Waals surface area contributed by atoms with Crippen LogP contribution < -0.4 is 0 Å². The van der Waals surface area contributed by atoms with Crippen molar-refractivity contribution in [2.75, 3.05) is 0 Å². The molecule has 0 aliphatic rings. The summed E-state index contributed by atoms with van der Waals surface area (Å²) in [5, 5.41) is 5.01. The molecule has 0 radical (unpaired) electrons. The van der Waals surface area contributed by atoms with Crippen molar-refractivity contribution in [3.05, 3.63) is 194 Å². The van der Waals surface area contributed by atoms with Crippen LogP contribution in [0.5, 0.6) is 0 Å². The third-order valence-electron chi connectivity index (χ3n) is 10.1. The van der Waals surface area contributed by atoms with Gasteiger partial charge in [-0.25, -0.2) is 0 Å². The molecule has 234 valence electrons. The van der Waals surface area contributed by atoms with E-state index in [4.69, 9.17) is 0 Å². The fourth-order valence-electron chi connectivity index (χ4n) is 7.83. The summed E-state index contributed by atoms with van der Waals surface area (Å²) in [6.07, 6.45) is 0. The summed E-state index contributed by atoms with van der Waals surface area (Å²) in [4.78, 5) is 0. The fraction of sp³-hybridized carbons (Fsp3) is 0. The maximum absolute atomic E-state index is 2.46. The number of nitrogens with zero attached hydrogens (tertiary/aromatic N) is 2. The van der Waals surface area contributed by atoms with Crippen LogP contribution in [0.1, 0.15) is 0 Å². The van der Waals surface area contributed by atoms with Crippen molar-refractivity contribution in [3.8, 4) is 44.8 Å². The fourth-order valence-corrected chi connectivity index (χ4v) is 7.83. The third-order valence-corrected chi connectivity index (χ3v) is 10.1. The molecule has 2 heteroatoms. The first-order chi connectivity index (χ1) is 24.8. The molecule has 2 nitrogen and oxygen atoms in total. The Morgan fingerprint density at radius 1 is 0.260 bits per heavy atom. The van der Waals surface area contributed by atoms with E-state index in [0.29, 0.717) is 0 Å². The predicted molar refractivity (Wildman–Crippen MR) is 211 cm³/mol. The minimum absolute atomic E-state index is 1.14. The summed E-state index contributed by atoms with van der Waals surface area (Å²) in [6, 6.07) is 70.4. The van der Waals surface area contributed by atoms with Crippen LogP contribution in [-0.2, 0) is 0 Å². The van der Waals surface area contributed by atoms with Gasteiger partial charge in [0, 0.05) is 32.9 Å². The van der Waals surface area contributed by atoms with E-state index in [1.54, 1.807) is 0 Å². The Morgan fingerprint density at radius 3 is 1.52 bits per heavy atom. The smallest absolute Gasteiger partial charge is 0.0641 e. The molecule has 2 aromatic heterocycles. The van der Waals surface area contributed by atoms with Gasteiger partial charge in [-0.2, -0.15) is 0 Å². The van der Waals surface area contributed by atoms with Crippen LogP contribution in [-0.4, -0.2) is 9.13 Å². The van der Waals surface area contributed by atoms with Crippen LogP contribution in [0.25, 0.3) is 88.4 Å². The van der Waals surface area contributed by atoms with Crippen LogP contribution in [0.15, 0.2) is 194 Å². The standard InChI is InChI=1S/C48H32N2/c1-4-14-33(15-5-1)35-18-12-19-36(30-35)37-20-13-23-40(31-37)49-45-28-26-38(34-16-6-2-7-17-34)32-43(45)47-46(49)29-27-42-41-24-10-11-25-44(41)50(48(42)47)39-21-8-3-9-22-39/h1-32H. The lowest BCUT2D eigenvalue weighted by atomic mass is 9.99.